The Kier molecular flexibility index (Phi) is 4.62. The highest BCUT2D eigenvalue weighted by Gasteiger charge is 2.14. The Morgan fingerprint density at radius 3 is 2.79 bits per heavy atom. The Morgan fingerprint density at radius 2 is 2.21 bits per heavy atom. The minimum absolute atomic E-state index is 0.182. The lowest BCUT2D eigenvalue weighted by Gasteiger charge is -2.15. The van der Waals surface area contributed by atoms with Crippen LogP contribution in [0, 0.1) is 0 Å². The second-order valence-corrected chi connectivity index (χ2v) is 4.30. The number of nitrogens with one attached hydrogen (secondary N) is 1. The van der Waals surface area contributed by atoms with Crippen LogP contribution in [0.3, 0.4) is 0 Å². The average molecular weight is 280 g/mol. The van der Waals surface area contributed by atoms with Crippen molar-refractivity contribution in [1.29, 1.82) is 0 Å². The van der Waals surface area contributed by atoms with Crippen LogP contribution in [0.5, 0.6) is 5.88 Å². The predicted molar refractivity (Wildman–Crippen MR) is 71.6 cm³/mol. The van der Waals surface area contributed by atoms with E-state index in [1.54, 1.807) is 25.6 Å². The van der Waals surface area contributed by atoms with Crippen molar-refractivity contribution in [3.05, 3.63) is 46.9 Å². The van der Waals surface area contributed by atoms with Gasteiger partial charge in [-0.15, -0.1) is 5.10 Å². The molecule has 0 aliphatic heterocycles. The monoisotopic (exact) mass is 279 g/mol. The summed E-state index contributed by atoms with van der Waals surface area (Å²) in [7, 11) is 1.54. The van der Waals surface area contributed by atoms with Crippen molar-refractivity contribution in [2.45, 2.75) is 12.5 Å². The Labute approximate surface area is 115 Å². The zero-order chi connectivity index (χ0) is 13.7. The van der Waals surface area contributed by atoms with E-state index in [0.29, 0.717) is 17.3 Å². The number of pyridine rings is 1. The third-order valence-electron chi connectivity index (χ3n) is 2.71. The lowest BCUT2D eigenvalue weighted by atomic mass is 10.0. The van der Waals surface area contributed by atoms with Crippen molar-refractivity contribution in [3.8, 4) is 5.88 Å². The number of methoxy groups -OCH3 is 1. The highest BCUT2D eigenvalue weighted by atomic mass is 35.5. The first kappa shape index (κ1) is 13.7. The number of rotatable bonds is 5. The molecule has 2 aromatic heterocycles. The summed E-state index contributed by atoms with van der Waals surface area (Å²) in [5, 5.41) is 8.59. The standard InChI is InChI=1S/C12H14ClN5O/c1-19-12-3-2-10(17-18-12)11(16-14)6-8-4-5-15-7-9(8)13/h2-5,7,11,16H,6,14H2,1H3. The van der Waals surface area contributed by atoms with Crippen molar-refractivity contribution >= 4 is 11.6 Å². The zero-order valence-electron chi connectivity index (χ0n) is 10.4. The van der Waals surface area contributed by atoms with Gasteiger partial charge in [0.2, 0.25) is 5.88 Å². The van der Waals surface area contributed by atoms with Crippen LogP contribution >= 0.6 is 11.6 Å². The smallest absolute Gasteiger partial charge is 0.233 e. The van der Waals surface area contributed by atoms with Crippen LogP contribution in [0.4, 0.5) is 0 Å². The van der Waals surface area contributed by atoms with Gasteiger partial charge in [-0.2, -0.15) is 5.10 Å². The molecule has 0 spiro atoms. The molecule has 0 fully saturated rings. The van der Waals surface area contributed by atoms with E-state index in [-0.39, 0.29) is 6.04 Å². The van der Waals surface area contributed by atoms with E-state index in [1.165, 1.54) is 0 Å². The molecule has 0 aliphatic carbocycles. The summed E-state index contributed by atoms with van der Waals surface area (Å²) in [6.07, 6.45) is 3.89. The lowest BCUT2D eigenvalue weighted by molar-refractivity contribution is 0.389. The summed E-state index contributed by atoms with van der Waals surface area (Å²) in [5.74, 6) is 6.03. The lowest BCUT2D eigenvalue weighted by Crippen LogP contribution is -2.30. The molecule has 7 heteroatoms. The Morgan fingerprint density at radius 1 is 1.37 bits per heavy atom. The molecule has 0 bridgehead atoms. The predicted octanol–water partition coefficient (Wildman–Crippen LogP) is 1.28. The van der Waals surface area contributed by atoms with Crippen LogP contribution in [-0.2, 0) is 6.42 Å². The van der Waals surface area contributed by atoms with Crippen LogP contribution in [-0.4, -0.2) is 22.3 Å². The van der Waals surface area contributed by atoms with Crippen LogP contribution in [0.1, 0.15) is 17.3 Å². The summed E-state index contributed by atoms with van der Waals surface area (Å²) in [4.78, 5) is 3.95. The van der Waals surface area contributed by atoms with Gasteiger partial charge in [-0.05, 0) is 24.1 Å². The van der Waals surface area contributed by atoms with Gasteiger partial charge in [0.25, 0.3) is 0 Å². The summed E-state index contributed by atoms with van der Waals surface area (Å²) in [6.45, 7) is 0. The van der Waals surface area contributed by atoms with E-state index < -0.39 is 0 Å². The average Bonchev–Trinajstić information content (AvgIpc) is 2.47. The first-order chi connectivity index (χ1) is 9.24. The van der Waals surface area contributed by atoms with Crippen LogP contribution in [0.25, 0.3) is 0 Å². The minimum atomic E-state index is -0.182. The van der Waals surface area contributed by atoms with E-state index in [9.17, 15) is 0 Å². The van der Waals surface area contributed by atoms with E-state index in [4.69, 9.17) is 22.2 Å². The number of aromatic nitrogens is 3. The van der Waals surface area contributed by atoms with E-state index in [2.05, 4.69) is 20.6 Å². The fourth-order valence-electron chi connectivity index (χ4n) is 1.66. The van der Waals surface area contributed by atoms with Crippen molar-refractivity contribution < 1.29 is 4.74 Å². The van der Waals surface area contributed by atoms with Gasteiger partial charge in [0.1, 0.15) is 0 Å². The molecule has 2 rings (SSSR count). The third-order valence-corrected chi connectivity index (χ3v) is 3.05. The molecule has 1 atom stereocenters. The summed E-state index contributed by atoms with van der Waals surface area (Å²) >= 11 is 6.07. The van der Waals surface area contributed by atoms with Crippen LogP contribution in [0.2, 0.25) is 5.02 Å². The van der Waals surface area contributed by atoms with Crippen molar-refractivity contribution in [3.63, 3.8) is 0 Å². The highest BCUT2D eigenvalue weighted by molar-refractivity contribution is 6.31. The SMILES string of the molecule is COc1ccc(C(Cc2ccncc2Cl)NN)nn1. The van der Waals surface area contributed by atoms with Gasteiger partial charge in [0.05, 0.1) is 23.9 Å². The number of ether oxygens (including phenoxy) is 1. The van der Waals surface area contributed by atoms with Crippen LogP contribution < -0.4 is 16.0 Å². The molecular formula is C12H14ClN5O. The molecule has 2 heterocycles. The van der Waals surface area contributed by atoms with E-state index in [0.717, 1.165) is 11.3 Å². The molecule has 3 N–H and O–H groups in total. The summed E-state index contributed by atoms with van der Waals surface area (Å²) in [5.41, 5.74) is 4.37. The number of hydrogen-bond acceptors (Lipinski definition) is 6. The molecule has 0 saturated heterocycles. The maximum absolute atomic E-state index is 6.07. The van der Waals surface area contributed by atoms with Crippen molar-refractivity contribution in [2.24, 2.45) is 5.84 Å². The maximum Gasteiger partial charge on any atom is 0.233 e. The molecule has 0 radical (unpaired) electrons. The highest BCUT2D eigenvalue weighted by Crippen LogP contribution is 2.21. The third kappa shape index (κ3) is 3.37. The maximum atomic E-state index is 6.07. The van der Waals surface area contributed by atoms with Gasteiger partial charge < -0.3 is 4.74 Å². The summed E-state index contributed by atoms with van der Waals surface area (Å²) in [6, 6.07) is 5.22. The van der Waals surface area contributed by atoms with Gasteiger partial charge in [-0.3, -0.25) is 16.3 Å². The van der Waals surface area contributed by atoms with Gasteiger partial charge in [0.15, 0.2) is 0 Å². The Balaban J connectivity index is 2.17. The molecule has 0 saturated carbocycles. The van der Waals surface area contributed by atoms with Gasteiger partial charge >= 0.3 is 0 Å². The number of nitrogens with zero attached hydrogens (tertiary/aromatic N) is 3. The quantitative estimate of drug-likeness (QED) is 0.633. The second-order valence-electron chi connectivity index (χ2n) is 3.89. The van der Waals surface area contributed by atoms with Crippen molar-refractivity contribution in [2.75, 3.05) is 7.11 Å². The van der Waals surface area contributed by atoms with Gasteiger partial charge in [-0.1, -0.05) is 11.6 Å². The fourth-order valence-corrected chi connectivity index (χ4v) is 1.86. The first-order valence-electron chi connectivity index (χ1n) is 5.66. The molecule has 1 unspecified atom stereocenters. The number of nitrogens with two attached hydrogens (primary N) is 1. The first-order valence-corrected chi connectivity index (χ1v) is 6.04. The fraction of sp³-hybridized carbons (Fsp3) is 0.250. The zero-order valence-corrected chi connectivity index (χ0v) is 11.1. The number of hydrogen-bond donors (Lipinski definition) is 2. The largest absolute Gasteiger partial charge is 0.480 e. The molecule has 6 nitrogen and oxygen atoms in total. The molecule has 2 aromatic rings. The molecule has 0 aliphatic rings. The van der Waals surface area contributed by atoms with Crippen molar-refractivity contribution in [1.82, 2.24) is 20.6 Å². The normalized spacial score (nSPS) is 12.2. The molecular weight excluding hydrogens is 266 g/mol. The molecule has 0 aromatic carbocycles. The summed E-state index contributed by atoms with van der Waals surface area (Å²) < 4.78 is 4.97. The molecule has 19 heavy (non-hydrogen) atoms. The number of halogens is 1. The Hall–Kier alpha value is -1.76. The topological polar surface area (TPSA) is 86.0 Å². The van der Waals surface area contributed by atoms with Gasteiger partial charge in [-0.25, -0.2) is 0 Å². The minimum Gasteiger partial charge on any atom is -0.480 e. The van der Waals surface area contributed by atoms with Gasteiger partial charge in [0, 0.05) is 18.5 Å². The second kappa shape index (κ2) is 6.42. The molecule has 0 amide bonds. The molecule has 100 valence electrons. The number of hydrazine groups is 1. The van der Waals surface area contributed by atoms with E-state index in [1.807, 2.05) is 12.1 Å². The van der Waals surface area contributed by atoms with Crippen LogP contribution in [0.15, 0.2) is 30.6 Å². The Bertz CT molecular complexity index is 534. The van der Waals surface area contributed by atoms with E-state index >= 15 is 0 Å².